The predicted molar refractivity (Wildman–Crippen MR) is 257 cm³/mol. The summed E-state index contributed by atoms with van der Waals surface area (Å²) in [6, 6.07) is -1.98. The first-order valence-corrected chi connectivity index (χ1v) is 25.4. The van der Waals surface area contributed by atoms with Crippen LogP contribution in [0.2, 0.25) is 0 Å². The van der Waals surface area contributed by atoms with Gasteiger partial charge in [0.15, 0.2) is 0 Å². The van der Waals surface area contributed by atoms with Crippen molar-refractivity contribution in [1.82, 2.24) is 16.0 Å². The predicted octanol–water partition coefficient (Wildman–Crippen LogP) is 4.00. The first kappa shape index (κ1) is 65.5. The molecule has 8 N–H and O–H groups in total. The van der Waals surface area contributed by atoms with Crippen LogP contribution in [0.1, 0.15) is 141 Å². The molecule has 0 spiro atoms. The van der Waals surface area contributed by atoms with Crippen molar-refractivity contribution in [1.29, 1.82) is 0 Å². The van der Waals surface area contributed by atoms with Crippen molar-refractivity contribution in [2.45, 2.75) is 153 Å². The molecule has 0 rings (SSSR count). The third kappa shape index (κ3) is 50.7. The molecule has 0 aliphatic carbocycles. The maximum Gasteiger partial charge on any atom is 0.326 e. The lowest BCUT2D eigenvalue weighted by Crippen LogP contribution is -2.41. The number of hydrogen-bond acceptors (Lipinski definition) is 15. The molecule has 69 heavy (non-hydrogen) atoms. The Hall–Kier alpha value is -3.54. The number of carboxylic acids is 3. The van der Waals surface area contributed by atoms with Crippen LogP contribution in [0.4, 0.5) is 0 Å². The fourth-order valence-electron chi connectivity index (χ4n) is 6.57. The Balaban J connectivity index is 3.45. The molecule has 3 amide bonds. The first-order valence-electron chi connectivity index (χ1n) is 25.4. The summed E-state index contributed by atoms with van der Waals surface area (Å²) in [6.45, 7) is 6.97. The SMILES string of the molecule is NC(CCCCNC(=O)CCOCCOCCOCCOCCOCCOCCOCCOCCNC(=O)CC[C@H](NC(=O)CCCCCCCCCCCCCCCCC(=O)O)C(=O)O)C(=O)O. The van der Waals surface area contributed by atoms with E-state index in [0.29, 0.717) is 125 Å². The maximum atomic E-state index is 12.3. The van der Waals surface area contributed by atoms with Gasteiger partial charge in [-0.05, 0) is 38.5 Å². The van der Waals surface area contributed by atoms with Gasteiger partial charge in [-0.3, -0.25) is 24.0 Å². The summed E-state index contributed by atoms with van der Waals surface area (Å²) in [6.07, 6.45) is 17.6. The van der Waals surface area contributed by atoms with Gasteiger partial charge in [-0.15, -0.1) is 0 Å². The molecule has 0 bridgehead atoms. The zero-order valence-electron chi connectivity index (χ0n) is 41.6. The zero-order chi connectivity index (χ0) is 50.7. The van der Waals surface area contributed by atoms with E-state index >= 15 is 0 Å². The van der Waals surface area contributed by atoms with Crippen molar-refractivity contribution in [3.63, 3.8) is 0 Å². The number of hydrogen-bond donors (Lipinski definition) is 7. The molecule has 0 aromatic carbocycles. The Morgan fingerprint density at radius 3 is 1.12 bits per heavy atom. The van der Waals surface area contributed by atoms with E-state index in [2.05, 4.69) is 16.0 Å². The molecule has 404 valence electrons. The number of aliphatic carboxylic acids is 3. The molecule has 0 aliphatic rings. The standard InChI is InChI=1S/C48H90N4O17/c49-41(47(58)59)17-15-16-23-50-44(54)22-25-62-27-29-64-31-33-66-35-37-68-39-40-69-38-36-67-34-32-65-30-28-63-26-24-51-43(53)21-20-42(48(60)61)52-45(55)18-13-11-9-7-5-3-1-2-4-6-8-10-12-14-19-46(56)57/h41-42H,1-40,49H2,(H,50,54)(H,51,53)(H,52,55)(H,56,57)(H,58,59)(H,60,61)/t41?,42-/m0/s1. The number of unbranched alkanes of at least 4 members (excludes halogenated alkanes) is 14. The van der Waals surface area contributed by atoms with Crippen molar-refractivity contribution in [3.05, 3.63) is 0 Å². The number of carbonyl (C=O) groups excluding carboxylic acids is 3. The summed E-state index contributed by atoms with van der Waals surface area (Å²) in [7, 11) is 0. The molecule has 0 fully saturated rings. The van der Waals surface area contributed by atoms with Gasteiger partial charge in [0.25, 0.3) is 0 Å². The second kappa shape index (κ2) is 50.8. The molecule has 21 nitrogen and oxygen atoms in total. The van der Waals surface area contributed by atoms with E-state index in [0.717, 1.165) is 38.5 Å². The quantitative estimate of drug-likeness (QED) is 0.0424. The molecular formula is C48H90N4O17. The lowest BCUT2D eigenvalue weighted by Gasteiger charge is -2.14. The van der Waals surface area contributed by atoms with Crippen LogP contribution in [0.5, 0.6) is 0 Å². The van der Waals surface area contributed by atoms with Crippen LogP contribution in [0.15, 0.2) is 0 Å². The number of nitrogens with two attached hydrogens (primary N) is 1. The van der Waals surface area contributed by atoms with Crippen molar-refractivity contribution in [2.75, 3.05) is 119 Å². The summed E-state index contributed by atoms with van der Waals surface area (Å²) in [5, 5.41) is 35.0. The molecule has 0 heterocycles. The largest absolute Gasteiger partial charge is 0.481 e. The van der Waals surface area contributed by atoms with Crippen LogP contribution >= 0.6 is 0 Å². The second-order valence-corrected chi connectivity index (χ2v) is 16.6. The van der Waals surface area contributed by atoms with E-state index in [9.17, 15) is 33.9 Å². The molecule has 21 heteroatoms. The molecular weight excluding hydrogens is 905 g/mol. The molecule has 0 aromatic rings. The van der Waals surface area contributed by atoms with Gasteiger partial charge in [-0.1, -0.05) is 77.0 Å². The van der Waals surface area contributed by atoms with Crippen LogP contribution in [-0.4, -0.2) is 182 Å². The van der Waals surface area contributed by atoms with Crippen molar-refractivity contribution in [3.8, 4) is 0 Å². The van der Waals surface area contributed by atoms with Crippen LogP contribution in [0.25, 0.3) is 0 Å². The van der Waals surface area contributed by atoms with Gasteiger partial charge in [0, 0.05) is 38.8 Å². The maximum absolute atomic E-state index is 12.3. The molecule has 0 saturated heterocycles. The van der Waals surface area contributed by atoms with Gasteiger partial charge >= 0.3 is 17.9 Å². The summed E-state index contributed by atoms with van der Waals surface area (Å²) in [4.78, 5) is 69.2. The fraction of sp³-hybridized carbons (Fsp3) is 0.875. The van der Waals surface area contributed by atoms with Gasteiger partial charge in [0.2, 0.25) is 17.7 Å². The highest BCUT2D eigenvalue weighted by molar-refractivity contribution is 5.84. The highest BCUT2D eigenvalue weighted by atomic mass is 16.6. The van der Waals surface area contributed by atoms with Gasteiger partial charge in [0.05, 0.1) is 106 Å². The van der Waals surface area contributed by atoms with Crippen molar-refractivity contribution < 1.29 is 82.0 Å². The van der Waals surface area contributed by atoms with Gasteiger partial charge in [-0.2, -0.15) is 0 Å². The second-order valence-electron chi connectivity index (χ2n) is 16.6. The van der Waals surface area contributed by atoms with E-state index in [-0.39, 0.29) is 69.6 Å². The smallest absolute Gasteiger partial charge is 0.326 e. The Morgan fingerprint density at radius 2 is 0.710 bits per heavy atom. The van der Waals surface area contributed by atoms with Gasteiger partial charge in [0.1, 0.15) is 12.1 Å². The first-order chi connectivity index (χ1) is 33.5. The summed E-state index contributed by atoms with van der Waals surface area (Å²) < 4.78 is 43.7. The summed E-state index contributed by atoms with van der Waals surface area (Å²) in [5.41, 5.74) is 5.44. The third-order valence-electron chi connectivity index (χ3n) is 10.6. The molecule has 0 aliphatic heterocycles. The number of ether oxygens (including phenoxy) is 8. The monoisotopic (exact) mass is 995 g/mol. The number of nitrogens with one attached hydrogen (secondary N) is 3. The molecule has 2 atom stereocenters. The van der Waals surface area contributed by atoms with Gasteiger partial charge < -0.3 is 74.9 Å². The van der Waals surface area contributed by atoms with Crippen LogP contribution in [0, 0.1) is 0 Å². The lowest BCUT2D eigenvalue weighted by atomic mass is 10.0. The van der Waals surface area contributed by atoms with Gasteiger partial charge in [-0.25, -0.2) is 4.79 Å². The van der Waals surface area contributed by atoms with E-state index < -0.39 is 30.0 Å². The Morgan fingerprint density at radius 1 is 0.348 bits per heavy atom. The minimum atomic E-state index is -1.16. The highest BCUT2D eigenvalue weighted by Gasteiger charge is 2.21. The Kier molecular flexibility index (Phi) is 48.2. The zero-order valence-corrected chi connectivity index (χ0v) is 41.6. The van der Waals surface area contributed by atoms with Crippen LogP contribution < -0.4 is 21.7 Å². The Labute approximate surface area is 410 Å². The summed E-state index contributed by atoms with van der Waals surface area (Å²) >= 11 is 0. The van der Waals surface area contributed by atoms with Crippen molar-refractivity contribution >= 4 is 35.6 Å². The Bertz CT molecular complexity index is 1270. The van der Waals surface area contributed by atoms with E-state index in [4.69, 9.17) is 53.8 Å². The number of carbonyl (C=O) groups is 6. The van der Waals surface area contributed by atoms with Crippen LogP contribution in [-0.2, 0) is 66.7 Å². The average molecular weight is 995 g/mol. The third-order valence-corrected chi connectivity index (χ3v) is 10.6. The fourth-order valence-corrected chi connectivity index (χ4v) is 6.57. The number of rotatable bonds is 55. The summed E-state index contributed by atoms with van der Waals surface area (Å²) in [5.74, 6) is -3.65. The van der Waals surface area contributed by atoms with E-state index in [1.54, 1.807) is 0 Å². The number of amides is 3. The van der Waals surface area contributed by atoms with Crippen LogP contribution in [0.3, 0.4) is 0 Å². The minimum Gasteiger partial charge on any atom is -0.481 e. The highest BCUT2D eigenvalue weighted by Crippen LogP contribution is 2.14. The number of carboxylic acid groups (broad SMARTS) is 3. The lowest BCUT2D eigenvalue weighted by molar-refractivity contribution is -0.142. The van der Waals surface area contributed by atoms with E-state index in [1.807, 2.05) is 0 Å². The van der Waals surface area contributed by atoms with Crippen molar-refractivity contribution in [2.24, 2.45) is 5.73 Å². The van der Waals surface area contributed by atoms with E-state index in [1.165, 1.54) is 44.9 Å². The molecule has 0 saturated carbocycles. The molecule has 0 radical (unpaired) electrons. The minimum absolute atomic E-state index is 0.000106. The average Bonchev–Trinajstić information content (AvgIpc) is 3.31. The topological polar surface area (TPSA) is 299 Å². The molecule has 1 unspecified atom stereocenters. The normalized spacial score (nSPS) is 12.1. The molecule has 0 aromatic heterocycles.